The molecule has 2 nitrogen and oxygen atoms in total. The predicted molar refractivity (Wildman–Crippen MR) is 79.3 cm³/mol. The average Bonchev–Trinajstić information content (AvgIpc) is 2.67. The van der Waals surface area contributed by atoms with Gasteiger partial charge in [-0.05, 0) is 56.5 Å². The highest BCUT2D eigenvalue weighted by Gasteiger charge is 2.09. The Bertz CT molecular complexity index is 538. The van der Waals surface area contributed by atoms with Gasteiger partial charge in [-0.2, -0.15) is 0 Å². The summed E-state index contributed by atoms with van der Waals surface area (Å²) in [6.45, 7) is 8.74. The second-order valence-electron chi connectivity index (χ2n) is 5.13. The van der Waals surface area contributed by atoms with Crippen molar-refractivity contribution in [2.24, 2.45) is 7.05 Å². The number of benzene rings is 1. The number of aryl methyl sites for hydroxylation is 4. The molecule has 0 saturated heterocycles. The lowest BCUT2D eigenvalue weighted by atomic mass is 10.0. The van der Waals surface area contributed by atoms with Crippen LogP contribution in [-0.4, -0.2) is 17.7 Å². The number of aromatic nitrogens is 1. The Kier molecular flexibility index (Phi) is 4.07. The Hall–Kier alpha value is -1.28. The van der Waals surface area contributed by atoms with E-state index in [9.17, 15) is 0 Å². The van der Waals surface area contributed by atoms with E-state index < -0.39 is 0 Å². The molecule has 0 saturated carbocycles. The topological polar surface area (TPSA) is 17.0 Å². The van der Waals surface area contributed by atoms with E-state index in [0.29, 0.717) is 0 Å². The minimum Gasteiger partial charge on any atom is -0.350 e. The van der Waals surface area contributed by atoms with Gasteiger partial charge in [-0.25, -0.2) is 0 Å². The maximum Gasteiger partial charge on any atom is 0.0512 e. The van der Waals surface area contributed by atoms with Crippen LogP contribution in [0.25, 0.3) is 10.9 Å². The first-order valence-corrected chi connectivity index (χ1v) is 6.90. The molecule has 0 fully saturated rings. The average molecular weight is 244 g/mol. The number of nitrogens with zero attached hydrogens (tertiary/aromatic N) is 1. The van der Waals surface area contributed by atoms with Crippen molar-refractivity contribution >= 4 is 10.9 Å². The van der Waals surface area contributed by atoms with Gasteiger partial charge >= 0.3 is 0 Å². The van der Waals surface area contributed by atoms with Gasteiger partial charge in [-0.3, -0.25) is 0 Å². The van der Waals surface area contributed by atoms with E-state index in [-0.39, 0.29) is 0 Å². The zero-order chi connectivity index (χ0) is 13.1. The summed E-state index contributed by atoms with van der Waals surface area (Å²) in [7, 11) is 2.16. The summed E-state index contributed by atoms with van der Waals surface area (Å²) in [4.78, 5) is 0. The number of nitrogens with one attached hydrogen (secondary N) is 1. The van der Waals surface area contributed by atoms with Gasteiger partial charge in [-0.15, -0.1) is 0 Å². The first-order valence-electron chi connectivity index (χ1n) is 6.90. The van der Waals surface area contributed by atoms with Gasteiger partial charge in [-0.1, -0.05) is 19.1 Å². The van der Waals surface area contributed by atoms with Crippen LogP contribution < -0.4 is 5.32 Å². The molecular formula is C16H24N2. The number of hydrogen-bond donors (Lipinski definition) is 1. The summed E-state index contributed by atoms with van der Waals surface area (Å²) in [6.07, 6.45) is 4.66. The quantitative estimate of drug-likeness (QED) is 0.798. The lowest BCUT2D eigenvalue weighted by Crippen LogP contribution is -2.14. The molecule has 0 spiro atoms. The Morgan fingerprint density at radius 1 is 1.22 bits per heavy atom. The second kappa shape index (κ2) is 5.57. The molecule has 1 aromatic carbocycles. The van der Waals surface area contributed by atoms with Crippen molar-refractivity contribution in [3.8, 4) is 0 Å². The maximum atomic E-state index is 3.39. The van der Waals surface area contributed by atoms with Crippen molar-refractivity contribution in [3.05, 3.63) is 35.0 Å². The largest absolute Gasteiger partial charge is 0.350 e. The molecule has 1 aromatic heterocycles. The molecule has 0 radical (unpaired) electrons. The van der Waals surface area contributed by atoms with Gasteiger partial charge in [0.05, 0.1) is 5.52 Å². The molecule has 2 aromatic rings. The first kappa shape index (κ1) is 13.2. The molecular weight excluding hydrogens is 220 g/mol. The van der Waals surface area contributed by atoms with Crippen molar-refractivity contribution in [3.63, 3.8) is 0 Å². The third-order valence-corrected chi connectivity index (χ3v) is 3.80. The van der Waals surface area contributed by atoms with E-state index in [1.54, 1.807) is 0 Å². The predicted octanol–water partition coefficient (Wildman–Crippen LogP) is 3.34. The summed E-state index contributed by atoms with van der Waals surface area (Å²) >= 11 is 0. The number of fused-ring (bicyclic) bond motifs is 1. The zero-order valence-electron chi connectivity index (χ0n) is 12.0. The summed E-state index contributed by atoms with van der Waals surface area (Å²) in [6, 6.07) is 4.52. The van der Waals surface area contributed by atoms with Gasteiger partial charge in [0.25, 0.3) is 0 Å². The molecule has 2 heteroatoms. The summed E-state index contributed by atoms with van der Waals surface area (Å²) in [5.74, 6) is 0. The van der Waals surface area contributed by atoms with Gasteiger partial charge in [0.1, 0.15) is 0 Å². The van der Waals surface area contributed by atoms with Gasteiger partial charge < -0.3 is 9.88 Å². The Morgan fingerprint density at radius 2 is 2.00 bits per heavy atom. The number of rotatable bonds is 5. The van der Waals surface area contributed by atoms with E-state index in [1.807, 2.05) is 0 Å². The minimum atomic E-state index is 1.06. The van der Waals surface area contributed by atoms with Crippen molar-refractivity contribution < 1.29 is 0 Å². The first-order chi connectivity index (χ1) is 8.65. The van der Waals surface area contributed by atoms with Crippen LogP contribution in [0.3, 0.4) is 0 Å². The van der Waals surface area contributed by atoms with Crippen LogP contribution in [0.4, 0.5) is 0 Å². The highest BCUT2D eigenvalue weighted by Crippen LogP contribution is 2.26. The van der Waals surface area contributed by atoms with Crippen molar-refractivity contribution in [2.75, 3.05) is 13.1 Å². The monoisotopic (exact) mass is 244 g/mol. The van der Waals surface area contributed by atoms with Gasteiger partial charge in [0.2, 0.25) is 0 Å². The van der Waals surface area contributed by atoms with Crippen LogP contribution in [0.2, 0.25) is 0 Å². The summed E-state index contributed by atoms with van der Waals surface area (Å²) < 4.78 is 2.28. The molecule has 1 heterocycles. The Balaban J connectivity index is 2.27. The van der Waals surface area contributed by atoms with Crippen molar-refractivity contribution in [2.45, 2.75) is 33.6 Å². The fourth-order valence-corrected chi connectivity index (χ4v) is 2.66. The molecule has 1 N–H and O–H groups in total. The molecule has 98 valence electrons. The third kappa shape index (κ3) is 2.44. The summed E-state index contributed by atoms with van der Waals surface area (Å²) in [5.41, 5.74) is 5.66. The summed E-state index contributed by atoms with van der Waals surface area (Å²) in [5, 5.41) is 4.81. The van der Waals surface area contributed by atoms with Crippen LogP contribution >= 0.6 is 0 Å². The molecule has 0 unspecified atom stereocenters. The van der Waals surface area contributed by atoms with Crippen LogP contribution in [0.5, 0.6) is 0 Å². The lowest BCUT2D eigenvalue weighted by Gasteiger charge is -2.05. The molecule has 2 rings (SSSR count). The number of hydrogen-bond acceptors (Lipinski definition) is 1. The normalized spacial score (nSPS) is 11.3. The minimum absolute atomic E-state index is 1.06. The van der Waals surface area contributed by atoms with E-state index in [1.165, 1.54) is 34.0 Å². The maximum absolute atomic E-state index is 3.39. The Morgan fingerprint density at radius 3 is 2.72 bits per heavy atom. The Labute approximate surface area is 110 Å². The fourth-order valence-electron chi connectivity index (χ4n) is 2.66. The van der Waals surface area contributed by atoms with Crippen LogP contribution in [0, 0.1) is 13.8 Å². The van der Waals surface area contributed by atoms with Crippen LogP contribution in [0.15, 0.2) is 18.3 Å². The smallest absolute Gasteiger partial charge is 0.0512 e. The van der Waals surface area contributed by atoms with E-state index in [4.69, 9.17) is 0 Å². The van der Waals surface area contributed by atoms with Crippen LogP contribution in [0.1, 0.15) is 30.0 Å². The molecule has 0 amide bonds. The van der Waals surface area contributed by atoms with E-state index >= 15 is 0 Å². The molecule has 0 aliphatic rings. The lowest BCUT2D eigenvalue weighted by molar-refractivity contribution is 0.673. The highest BCUT2D eigenvalue weighted by atomic mass is 14.9. The van der Waals surface area contributed by atoms with Gasteiger partial charge in [0.15, 0.2) is 0 Å². The van der Waals surface area contributed by atoms with Crippen molar-refractivity contribution in [1.29, 1.82) is 0 Å². The SMILES string of the molecule is CCNCCCc1cn(C)c2c(C)c(C)ccc12. The zero-order valence-corrected chi connectivity index (χ0v) is 12.0. The van der Waals surface area contributed by atoms with E-state index in [0.717, 1.165) is 19.5 Å². The van der Waals surface area contributed by atoms with Gasteiger partial charge in [0, 0.05) is 18.6 Å². The molecule has 18 heavy (non-hydrogen) atoms. The molecule has 0 atom stereocenters. The van der Waals surface area contributed by atoms with Crippen LogP contribution in [-0.2, 0) is 13.5 Å². The van der Waals surface area contributed by atoms with Crippen molar-refractivity contribution in [1.82, 2.24) is 9.88 Å². The van der Waals surface area contributed by atoms with E-state index in [2.05, 4.69) is 56.0 Å². The fraction of sp³-hybridized carbons (Fsp3) is 0.500. The third-order valence-electron chi connectivity index (χ3n) is 3.80. The second-order valence-corrected chi connectivity index (χ2v) is 5.13. The molecule has 0 aliphatic heterocycles. The molecule has 0 bridgehead atoms. The molecule has 0 aliphatic carbocycles. The standard InChI is InChI=1S/C16H24N2/c1-5-17-10-6-7-14-11-18(4)16-13(3)12(2)8-9-15(14)16/h8-9,11,17H,5-7,10H2,1-4H3. The highest BCUT2D eigenvalue weighted by molar-refractivity contribution is 5.87.